The summed E-state index contributed by atoms with van der Waals surface area (Å²) < 4.78 is 33.4. The van der Waals surface area contributed by atoms with E-state index in [-0.39, 0.29) is 24.0 Å². The molecule has 0 aliphatic heterocycles. The average molecular weight is 619 g/mol. The highest BCUT2D eigenvalue weighted by atomic mass is 35.5. The van der Waals surface area contributed by atoms with Crippen LogP contribution in [-0.4, -0.2) is 50.4 Å². The number of nitrogens with one attached hydrogen (secondary N) is 2. The molecule has 0 saturated carbocycles. The Bertz CT molecular complexity index is 1650. The van der Waals surface area contributed by atoms with E-state index in [1.165, 1.54) is 30.5 Å². The van der Waals surface area contributed by atoms with E-state index >= 15 is 0 Å². The first-order chi connectivity index (χ1) is 20.7. The van der Waals surface area contributed by atoms with Crippen molar-refractivity contribution in [1.82, 2.24) is 9.73 Å². The number of ether oxygens (including phenoxy) is 1. The lowest BCUT2D eigenvalue weighted by Gasteiger charge is -2.21. The van der Waals surface area contributed by atoms with Gasteiger partial charge in [-0.3, -0.25) is 9.59 Å². The Morgan fingerprint density at radius 3 is 2.23 bits per heavy atom. The summed E-state index contributed by atoms with van der Waals surface area (Å²) >= 11 is 5.93. The van der Waals surface area contributed by atoms with Crippen LogP contribution < -0.4 is 15.5 Å². The predicted molar refractivity (Wildman–Crippen MR) is 168 cm³/mol. The van der Waals surface area contributed by atoms with Gasteiger partial charge in [0.2, 0.25) is 10.0 Å². The molecule has 0 heterocycles. The van der Waals surface area contributed by atoms with Crippen LogP contribution in [0, 0.1) is 6.92 Å². The number of hydrogen-bond donors (Lipinski definition) is 2. The highest BCUT2D eigenvalue weighted by Crippen LogP contribution is 2.19. The third-order valence-corrected chi connectivity index (χ3v) is 8.36. The number of carbonyl (C=O) groups excluding carboxylic acids is 2. The molecule has 0 aromatic heterocycles. The summed E-state index contributed by atoms with van der Waals surface area (Å²) in [6.45, 7) is 1.48. The van der Waals surface area contributed by atoms with Crippen molar-refractivity contribution in [2.24, 2.45) is 5.10 Å². The van der Waals surface area contributed by atoms with Crippen LogP contribution in [0.5, 0.6) is 5.75 Å². The third kappa shape index (κ3) is 9.78. The van der Waals surface area contributed by atoms with E-state index in [2.05, 4.69) is 15.8 Å². The predicted octanol–water partition coefficient (Wildman–Crippen LogP) is 5.05. The molecule has 0 bridgehead atoms. The average Bonchev–Trinajstić information content (AvgIpc) is 3.00. The van der Waals surface area contributed by atoms with Gasteiger partial charge in [-0.15, -0.1) is 0 Å². The minimum Gasteiger partial charge on any atom is -0.484 e. The van der Waals surface area contributed by atoms with Crippen molar-refractivity contribution in [1.29, 1.82) is 0 Å². The van der Waals surface area contributed by atoms with Crippen LogP contribution in [0.2, 0.25) is 5.02 Å². The largest absolute Gasteiger partial charge is 0.484 e. The van der Waals surface area contributed by atoms with Gasteiger partial charge in [-0.2, -0.15) is 9.41 Å². The van der Waals surface area contributed by atoms with E-state index < -0.39 is 22.5 Å². The number of halogens is 1. The minimum atomic E-state index is -3.98. The molecule has 2 N–H and O–H groups in total. The maximum absolute atomic E-state index is 13.4. The summed E-state index contributed by atoms with van der Waals surface area (Å²) in [7, 11) is -3.98. The molecular formula is C32H31ClN4O5S. The van der Waals surface area contributed by atoms with Crippen LogP contribution in [0.1, 0.15) is 16.7 Å². The monoisotopic (exact) mass is 618 g/mol. The topological polar surface area (TPSA) is 117 Å². The molecule has 2 amide bonds. The summed E-state index contributed by atoms with van der Waals surface area (Å²) in [5.74, 6) is -0.392. The molecule has 4 aromatic carbocycles. The number of rotatable bonds is 13. The quantitative estimate of drug-likeness (QED) is 0.161. The Labute approximate surface area is 256 Å². The van der Waals surface area contributed by atoms with Crippen molar-refractivity contribution in [2.75, 3.05) is 25.0 Å². The Morgan fingerprint density at radius 2 is 1.56 bits per heavy atom. The van der Waals surface area contributed by atoms with Gasteiger partial charge in [-0.25, -0.2) is 13.8 Å². The second-order valence-corrected chi connectivity index (χ2v) is 12.0. The Morgan fingerprint density at radius 1 is 0.884 bits per heavy atom. The van der Waals surface area contributed by atoms with Crippen LogP contribution in [0.3, 0.4) is 0 Å². The van der Waals surface area contributed by atoms with Gasteiger partial charge in [-0.1, -0.05) is 59.6 Å². The number of anilines is 1. The first kappa shape index (κ1) is 31.4. The number of amides is 2. The second-order valence-electron chi connectivity index (χ2n) is 9.59. The zero-order chi connectivity index (χ0) is 30.7. The van der Waals surface area contributed by atoms with Gasteiger partial charge in [-0.05, 0) is 85.1 Å². The fourth-order valence-corrected chi connectivity index (χ4v) is 5.47. The van der Waals surface area contributed by atoms with E-state index in [9.17, 15) is 18.0 Å². The smallest absolute Gasteiger partial charge is 0.262 e. The Kier molecular flexibility index (Phi) is 11.0. The first-order valence-electron chi connectivity index (χ1n) is 13.4. The van der Waals surface area contributed by atoms with Crippen molar-refractivity contribution < 1.29 is 22.7 Å². The number of hydrogen-bond acceptors (Lipinski definition) is 6. The summed E-state index contributed by atoms with van der Waals surface area (Å²) in [6, 6.07) is 29.4. The Hall–Kier alpha value is -4.51. The second kappa shape index (κ2) is 15.1. The Balaban J connectivity index is 1.31. The van der Waals surface area contributed by atoms with Gasteiger partial charge in [0.15, 0.2) is 6.61 Å². The van der Waals surface area contributed by atoms with E-state index in [1.54, 1.807) is 24.3 Å². The molecule has 0 aliphatic rings. The molecule has 0 spiro atoms. The molecule has 0 atom stereocenters. The van der Waals surface area contributed by atoms with Crippen LogP contribution >= 0.6 is 11.6 Å². The van der Waals surface area contributed by atoms with Gasteiger partial charge in [0.25, 0.3) is 11.8 Å². The normalized spacial score (nSPS) is 11.4. The van der Waals surface area contributed by atoms with Gasteiger partial charge in [0, 0.05) is 17.3 Å². The van der Waals surface area contributed by atoms with Crippen LogP contribution in [-0.2, 0) is 26.0 Å². The van der Waals surface area contributed by atoms with Crippen molar-refractivity contribution in [3.05, 3.63) is 125 Å². The van der Waals surface area contributed by atoms with E-state index in [1.807, 2.05) is 61.5 Å². The number of nitrogens with zero attached hydrogens (tertiary/aromatic N) is 2. The van der Waals surface area contributed by atoms with Crippen molar-refractivity contribution >= 4 is 45.3 Å². The van der Waals surface area contributed by atoms with Gasteiger partial charge in [0.1, 0.15) is 5.75 Å². The highest BCUT2D eigenvalue weighted by molar-refractivity contribution is 7.89. The number of sulfonamides is 1. The van der Waals surface area contributed by atoms with Crippen molar-refractivity contribution in [3.8, 4) is 5.75 Å². The standard InChI is InChI=1S/C32H31ClN4O5S/c1-24-7-13-28(14-8-24)35-32(39)23-42-29-15-9-26(10-16-29)21-34-36-31(38)22-37(20-19-25-5-3-2-4-6-25)43(40,41)30-17-11-27(33)12-18-30/h2-18,21H,19-20,22-23H2,1H3,(H,35,39)(H,36,38)/b34-21+. The summed E-state index contributed by atoms with van der Waals surface area (Å²) in [5.41, 5.74) is 5.78. The number of aryl methyl sites for hydroxylation is 1. The van der Waals surface area contributed by atoms with E-state index in [0.29, 0.717) is 28.4 Å². The van der Waals surface area contributed by atoms with Crippen molar-refractivity contribution in [2.45, 2.75) is 18.2 Å². The molecule has 4 aromatic rings. The number of carbonyl (C=O) groups is 2. The molecule has 0 fully saturated rings. The third-order valence-electron chi connectivity index (χ3n) is 6.25. The molecule has 43 heavy (non-hydrogen) atoms. The molecule has 0 unspecified atom stereocenters. The zero-order valence-corrected chi connectivity index (χ0v) is 25.0. The van der Waals surface area contributed by atoms with Crippen LogP contribution in [0.4, 0.5) is 5.69 Å². The maximum atomic E-state index is 13.4. The summed E-state index contributed by atoms with van der Waals surface area (Å²) in [4.78, 5) is 24.9. The molecule has 0 radical (unpaired) electrons. The molecule has 0 saturated heterocycles. The lowest BCUT2D eigenvalue weighted by Crippen LogP contribution is -2.40. The lowest BCUT2D eigenvalue weighted by atomic mass is 10.1. The SMILES string of the molecule is Cc1ccc(NC(=O)COc2ccc(/C=N/NC(=O)CN(CCc3ccccc3)S(=O)(=O)c3ccc(Cl)cc3)cc2)cc1. The number of benzene rings is 4. The lowest BCUT2D eigenvalue weighted by molar-refractivity contribution is -0.121. The summed E-state index contributed by atoms with van der Waals surface area (Å²) in [6.07, 6.45) is 1.85. The molecule has 11 heteroatoms. The summed E-state index contributed by atoms with van der Waals surface area (Å²) in [5, 5.41) is 7.14. The van der Waals surface area contributed by atoms with Gasteiger partial charge in [0.05, 0.1) is 17.7 Å². The van der Waals surface area contributed by atoms with Crippen LogP contribution in [0.25, 0.3) is 0 Å². The number of hydrazone groups is 1. The van der Waals surface area contributed by atoms with Gasteiger partial charge < -0.3 is 10.1 Å². The molecule has 0 aliphatic carbocycles. The minimum absolute atomic E-state index is 0.0382. The van der Waals surface area contributed by atoms with E-state index in [4.69, 9.17) is 16.3 Å². The first-order valence-corrected chi connectivity index (χ1v) is 15.2. The molecule has 9 nitrogen and oxygen atoms in total. The molecule has 222 valence electrons. The highest BCUT2D eigenvalue weighted by Gasteiger charge is 2.26. The maximum Gasteiger partial charge on any atom is 0.262 e. The van der Waals surface area contributed by atoms with E-state index in [0.717, 1.165) is 15.4 Å². The fourth-order valence-electron chi connectivity index (χ4n) is 3.95. The fraction of sp³-hybridized carbons (Fsp3) is 0.156. The van der Waals surface area contributed by atoms with Gasteiger partial charge >= 0.3 is 0 Å². The molecular weight excluding hydrogens is 588 g/mol. The zero-order valence-electron chi connectivity index (χ0n) is 23.4. The van der Waals surface area contributed by atoms with Crippen molar-refractivity contribution in [3.63, 3.8) is 0 Å². The molecule has 4 rings (SSSR count). The van der Waals surface area contributed by atoms with Crippen LogP contribution in [0.15, 0.2) is 113 Å².